The zero-order valence-electron chi connectivity index (χ0n) is 10.7. The Labute approximate surface area is 118 Å². The first-order valence-corrected chi connectivity index (χ1v) is 7.08. The highest BCUT2D eigenvalue weighted by molar-refractivity contribution is 6.29. The molecule has 0 amide bonds. The number of aromatic nitrogens is 1. The summed E-state index contributed by atoms with van der Waals surface area (Å²) in [7, 11) is 0. The first kappa shape index (κ1) is 12.7. The van der Waals surface area contributed by atoms with Gasteiger partial charge in [0.2, 0.25) is 0 Å². The van der Waals surface area contributed by atoms with E-state index in [1.165, 1.54) is 18.4 Å². The van der Waals surface area contributed by atoms with Gasteiger partial charge >= 0.3 is 0 Å². The van der Waals surface area contributed by atoms with Gasteiger partial charge in [0.05, 0.1) is 6.26 Å². The van der Waals surface area contributed by atoms with Crippen LogP contribution in [0.15, 0.2) is 41.1 Å². The predicted octanol–water partition coefficient (Wildman–Crippen LogP) is 3.41. The number of hydrogen-bond donors (Lipinski definition) is 1. The third-order valence-corrected chi connectivity index (χ3v) is 3.95. The zero-order valence-corrected chi connectivity index (χ0v) is 11.4. The molecule has 100 valence electrons. The van der Waals surface area contributed by atoms with E-state index >= 15 is 0 Å². The molecule has 0 saturated carbocycles. The quantitative estimate of drug-likeness (QED) is 0.870. The number of nitrogens with one attached hydrogen (secondary N) is 1. The smallest absolute Gasteiger partial charge is 0.129 e. The van der Waals surface area contributed by atoms with Crippen LogP contribution in [0.1, 0.15) is 30.1 Å². The van der Waals surface area contributed by atoms with Gasteiger partial charge in [0.15, 0.2) is 0 Å². The van der Waals surface area contributed by atoms with Crippen LogP contribution in [0.2, 0.25) is 5.15 Å². The average Bonchev–Trinajstić information content (AvgIpc) is 3.10. The molecule has 1 aliphatic rings. The Balaban J connectivity index is 1.83. The molecule has 3 heterocycles. The van der Waals surface area contributed by atoms with E-state index in [4.69, 9.17) is 16.0 Å². The summed E-state index contributed by atoms with van der Waals surface area (Å²) in [6.07, 6.45) is 6.87. The second kappa shape index (κ2) is 5.76. The summed E-state index contributed by atoms with van der Waals surface area (Å²) in [6, 6.07) is 8.46. The first-order chi connectivity index (χ1) is 9.33. The van der Waals surface area contributed by atoms with Crippen LogP contribution in [-0.2, 0) is 6.42 Å². The summed E-state index contributed by atoms with van der Waals surface area (Å²) >= 11 is 5.96. The Hall–Kier alpha value is -1.32. The minimum atomic E-state index is 0.357. The molecule has 1 fully saturated rings. The van der Waals surface area contributed by atoms with Crippen LogP contribution in [0.5, 0.6) is 0 Å². The highest BCUT2D eigenvalue weighted by Crippen LogP contribution is 2.29. The molecule has 3 rings (SSSR count). The second-order valence-electron chi connectivity index (χ2n) is 5.02. The predicted molar refractivity (Wildman–Crippen MR) is 75.4 cm³/mol. The molecule has 0 aromatic carbocycles. The van der Waals surface area contributed by atoms with Gasteiger partial charge in [-0.25, -0.2) is 4.98 Å². The van der Waals surface area contributed by atoms with Crippen LogP contribution in [0, 0.1) is 0 Å². The fourth-order valence-electron chi connectivity index (χ4n) is 2.82. The van der Waals surface area contributed by atoms with Crippen LogP contribution in [0.25, 0.3) is 0 Å². The molecule has 2 atom stereocenters. The molecule has 0 spiro atoms. The molecule has 0 aliphatic carbocycles. The van der Waals surface area contributed by atoms with Gasteiger partial charge in [-0.1, -0.05) is 11.6 Å². The topological polar surface area (TPSA) is 38.1 Å². The first-order valence-electron chi connectivity index (χ1n) is 6.70. The van der Waals surface area contributed by atoms with Crippen molar-refractivity contribution in [2.24, 2.45) is 0 Å². The van der Waals surface area contributed by atoms with E-state index in [2.05, 4.69) is 16.4 Å². The molecule has 0 radical (unpaired) electrons. The highest BCUT2D eigenvalue weighted by atomic mass is 35.5. The molecule has 1 N–H and O–H groups in total. The van der Waals surface area contributed by atoms with Crippen LogP contribution in [0.3, 0.4) is 0 Å². The maximum absolute atomic E-state index is 5.96. The lowest BCUT2D eigenvalue weighted by atomic mass is 9.89. The second-order valence-corrected chi connectivity index (χ2v) is 5.40. The van der Waals surface area contributed by atoms with Crippen molar-refractivity contribution >= 4 is 11.6 Å². The molecule has 3 nitrogen and oxygen atoms in total. The lowest BCUT2D eigenvalue weighted by molar-refractivity contribution is 0.394. The summed E-state index contributed by atoms with van der Waals surface area (Å²) < 4.78 is 5.62. The normalized spacial score (nSPS) is 20.6. The van der Waals surface area contributed by atoms with Crippen LogP contribution in [-0.4, -0.2) is 17.6 Å². The molecule has 0 bridgehead atoms. The van der Waals surface area contributed by atoms with Gasteiger partial charge in [-0.3, -0.25) is 0 Å². The van der Waals surface area contributed by atoms with E-state index in [-0.39, 0.29) is 0 Å². The number of nitrogens with zero attached hydrogens (tertiary/aromatic N) is 1. The van der Waals surface area contributed by atoms with E-state index in [9.17, 15) is 0 Å². The summed E-state index contributed by atoms with van der Waals surface area (Å²) in [4.78, 5) is 4.03. The monoisotopic (exact) mass is 276 g/mol. The van der Waals surface area contributed by atoms with Crippen LogP contribution < -0.4 is 5.32 Å². The maximum atomic E-state index is 5.96. The Kier molecular flexibility index (Phi) is 3.85. The van der Waals surface area contributed by atoms with E-state index in [0.29, 0.717) is 17.1 Å². The van der Waals surface area contributed by atoms with Crippen molar-refractivity contribution in [2.45, 2.75) is 31.2 Å². The number of rotatable bonds is 4. The largest absolute Gasteiger partial charge is 0.469 e. The standard InChI is InChI=1S/C15H17ClN2O/c16-15-10-11(5-7-18-15)9-12(13-3-1-6-17-13)14-4-2-8-19-14/h2,4-5,7-8,10,12-13,17H,1,3,6,9H2. The maximum Gasteiger partial charge on any atom is 0.129 e. The van der Waals surface area contributed by atoms with Gasteiger partial charge < -0.3 is 9.73 Å². The van der Waals surface area contributed by atoms with Crippen molar-refractivity contribution in [2.75, 3.05) is 6.54 Å². The third kappa shape index (κ3) is 2.99. The molecular formula is C15H17ClN2O. The minimum absolute atomic E-state index is 0.357. The van der Waals surface area contributed by atoms with E-state index in [0.717, 1.165) is 18.7 Å². The van der Waals surface area contributed by atoms with Gasteiger partial charge in [0, 0.05) is 18.2 Å². The Morgan fingerprint density at radius 1 is 1.47 bits per heavy atom. The van der Waals surface area contributed by atoms with Crippen LogP contribution in [0.4, 0.5) is 0 Å². The Morgan fingerprint density at radius 2 is 2.42 bits per heavy atom. The number of halogens is 1. The number of pyridine rings is 1. The molecule has 2 unspecified atom stereocenters. The van der Waals surface area contributed by atoms with Crippen molar-refractivity contribution in [3.8, 4) is 0 Å². The third-order valence-electron chi connectivity index (χ3n) is 3.74. The molecule has 1 aliphatic heterocycles. The summed E-state index contributed by atoms with van der Waals surface area (Å²) in [5.74, 6) is 1.41. The van der Waals surface area contributed by atoms with Crippen molar-refractivity contribution < 1.29 is 4.42 Å². The van der Waals surface area contributed by atoms with Crippen LogP contribution >= 0.6 is 11.6 Å². The van der Waals surface area contributed by atoms with Gasteiger partial charge in [-0.15, -0.1) is 0 Å². The van der Waals surface area contributed by atoms with Crippen molar-refractivity contribution in [3.63, 3.8) is 0 Å². The molecule has 2 aromatic rings. The van der Waals surface area contributed by atoms with Gasteiger partial charge in [0.25, 0.3) is 0 Å². The molecule has 4 heteroatoms. The van der Waals surface area contributed by atoms with Gasteiger partial charge in [-0.05, 0) is 55.6 Å². The fourth-order valence-corrected chi connectivity index (χ4v) is 3.02. The highest BCUT2D eigenvalue weighted by Gasteiger charge is 2.28. The van der Waals surface area contributed by atoms with E-state index < -0.39 is 0 Å². The van der Waals surface area contributed by atoms with E-state index in [1.54, 1.807) is 12.5 Å². The van der Waals surface area contributed by atoms with Crippen molar-refractivity contribution in [1.82, 2.24) is 10.3 Å². The molecule has 19 heavy (non-hydrogen) atoms. The Morgan fingerprint density at radius 3 is 3.11 bits per heavy atom. The van der Waals surface area contributed by atoms with Gasteiger partial charge in [-0.2, -0.15) is 0 Å². The fraction of sp³-hybridized carbons (Fsp3) is 0.400. The summed E-state index contributed by atoms with van der Waals surface area (Å²) in [5.41, 5.74) is 1.20. The Bertz CT molecular complexity index is 521. The minimum Gasteiger partial charge on any atom is -0.469 e. The molecular weight excluding hydrogens is 260 g/mol. The van der Waals surface area contributed by atoms with Crippen molar-refractivity contribution in [1.29, 1.82) is 0 Å². The average molecular weight is 277 g/mol. The summed E-state index contributed by atoms with van der Waals surface area (Å²) in [5, 5.41) is 4.12. The van der Waals surface area contributed by atoms with Crippen molar-refractivity contribution in [3.05, 3.63) is 53.2 Å². The van der Waals surface area contributed by atoms with Gasteiger partial charge in [0.1, 0.15) is 10.9 Å². The SMILES string of the molecule is Clc1cc(CC(c2ccco2)C2CCCN2)ccn1. The molecule has 1 saturated heterocycles. The lowest BCUT2D eigenvalue weighted by Crippen LogP contribution is -2.30. The number of hydrogen-bond acceptors (Lipinski definition) is 3. The molecule has 2 aromatic heterocycles. The van der Waals surface area contributed by atoms with E-state index in [1.807, 2.05) is 18.2 Å². The number of furan rings is 1. The summed E-state index contributed by atoms with van der Waals surface area (Å²) in [6.45, 7) is 1.10. The lowest BCUT2D eigenvalue weighted by Gasteiger charge is -2.22. The zero-order chi connectivity index (χ0) is 13.1.